The van der Waals surface area contributed by atoms with Crippen molar-refractivity contribution in [3.63, 3.8) is 0 Å². The molecule has 5 heteroatoms. The lowest BCUT2D eigenvalue weighted by Gasteiger charge is -2.13. The third-order valence-electron chi connectivity index (χ3n) is 6.62. The van der Waals surface area contributed by atoms with Crippen LogP contribution in [0.25, 0.3) is 62.5 Å². The molecule has 1 aliphatic rings. The van der Waals surface area contributed by atoms with E-state index in [1.807, 2.05) is 78.9 Å². The fourth-order valence-electron chi connectivity index (χ4n) is 4.81. The predicted molar refractivity (Wildman–Crippen MR) is 146 cm³/mol. The van der Waals surface area contributed by atoms with Gasteiger partial charge >= 0.3 is 0 Å². The molecule has 2 aromatic heterocycles. The van der Waals surface area contributed by atoms with E-state index in [-0.39, 0.29) is 0 Å². The molecule has 1 aliphatic carbocycles. The number of oxazole rings is 1. The van der Waals surface area contributed by atoms with E-state index >= 15 is 0 Å². The van der Waals surface area contributed by atoms with Gasteiger partial charge in [0.15, 0.2) is 17.5 Å². The van der Waals surface area contributed by atoms with Crippen molar-refractivity contribution in [1.82, 2.24) is 19.9 Å². The topological polar surface area (TPSA) is 64.7 Å². The average Bonchev–Trinajstić information content (AvgIpc) is 3.41. The summed E-state index contributed by atoms with van der Waals surface area (Å²) in [7, 11) is 0. The summed E-state index contributed by atoms with van der Waals surface area (Å²) in [4.78, 5) is 19.7. The van der Waals surface area contributed by atoms with Crippen LogP contribution in [0.2, 0.25) is 0 Å². The first-order chi connectivity index (χ1) is 18.3. The number of aromatic nitrogens is 4. The van der Waals surface area contributed by atoms with Crippen molar-refractivity contribution in [2.24, 2.45) is 0 Å². The highest BCUT2D eigenvalue weighted by Gasteiger charge is 2.22. The highest BCUT2D eigenvalue weighted by molar-refractivity contribution is 6.02. The lowest BCUT2D eigenvalue weighted by Crippen LogP contribution is -2.01. The van der Waals surface area contributed by atoms with Crippen molar-refractivity contribution in [1.29, 1.82) is 0 Å². The second-order valence-electron chi connectivity index (χ2n) is 9.02. The van der Waals surface area contributed by atoms with Crippen LogP contribution in [0.4, 0.5) is 0 Å². The van der Waals surface area contributed by atoms with Crippen LogP contribution < -0.4 is 0 Å². The molecule has 0 N–H and O–H groups in total. The van der Waals surface area contributed by atoms with Crippen molar-refractivity contribution in [2.75, 3.05) is 0 Å². The highest BCUT2D eigenvalue weighted by atomic mass is 16.4. The molecule has 2 heterocycles. The standard InChI is InChI=1S/C32H22N4O/c1-3-12-22(13-4-1)29-34-30(23-14-5-2-6-15-23)36-31(35-29)28-24-16-8-7-11-21(24)19-20-25(28)32-33-26-17-9-10-18-27(26)37-32/h1-9,11-17,19-20H,10,18H2. The molecule has 0 radical (unpaired) electrons. The van der Waals surface area contributed by atoms with Gasteiger partial charge in [0, 0.05) is 28.7 Å². The van der Waals surface area contributed by atoms with Crippen LogP contribution in [0.15, 0.2) is 108 Å². The number of hydrogen-bond acceptors (Lipinski definition) is 5. The van der Waals surface area contributed by atoms with E-state index in [0.29, 0.717) is 23.4 Å². The molecule has 0 bridgehead atoms. The van der Waals surface area contributed by atoms with Gasteiger partial charge in [-0.25, -0.2) is 19.9 Å². The van der Waals surface area contributed by atoms with E-state index in [1.165, 1.54) is 0 Å². The van der Waals surface area contributed by atoms with Gasteiger partial charge in [-0.3, -0.25) is 0 Å². The second kappa shape index (κ2) is 8.95. The van der Waals surface area contributed by atoms with Gasteiger partial charge in [-0.1, -0.05) is 97.1 Å². The number of allylic oxidation sites excluding steroid dienone is 1. The number of hydrogen-bond donors (Lipinski definition) is 0. The largest absolute Gasteiger partial charge is 0.440 e. The van der Waals surface area contributed by atoms with Gasteiger partial charge in [-0.15, -0.1) is 0 Å². The summed E-state index contributed by atoms with van der Waals surface area (Å²) in [6.07, 6.45) is 5.99. The van der Waals surface area contributed by atoms with Crippen LogP contribution in [0.5, 0.6) is 0 Å². The first-order valence-electron chi connectivity index (χ1n) is 12.4. The Morgan fingerprint density at radius 1 is 0.595 bits per heavy atom. The molecule has 0 saturated heterocycles. The molecular formula is C32H22N4O. The van der Waals surface area contributed by atoms with E-state index in [0.717, 1.165) is 57.3 Å². The van der Waals surface area contributed by atoms with Gasteiger partial charge in [0.2, 0.25) is 5.89 Å². The zero-order valence-electron chi connectivity index (χ0n) is 20.0. The molecule has 7 rings (SSSR count). The number of aryl methyl sites for hydroxylation is 1. The van der Waals surface area contributed by atoms with Crippen LogP contribution in [0.3, 0.4) is 0 Å². The Hall–Kier alpha value is -4.90. The Labute approximate surface area is 214 Å². The maximum Gasteiger partial charge on any atom is 0.227 e. The van der Waals surface area contributed by atoms with Crippen LogP contribution in [-0.4, -0.2) is 19.9 Å². The molecule has 4 aromatic carbocycles. The molecule has 0 spiro atoms. The van der Waals surface area contributed by atoms with E-state index in [2.05, 4.69) is 30.3 Å². The van der Waals surface area contributed by atoms with Gasteiger partial charge in [0.1, 0.15) is 11.5 Å². The smallest absolute Gasteiger partial charge is 0.227 e. The molecule has 0 unspecified atom stereocenters. The van der Waals surface area contributed by atoms with E-state index in [9.17, 15) is 0 Å². The number of nitrogens with zero attached hydrogens (tertiary/aromatic N) is 4. The number of rotatable bonds is 4. The van der Waals surface area contributed by atoms with Crippen LogP contribution in [0, 0.1) is 0 Å². The molecule has 0 fully saturated rings. The Bertz CT molecular complexity index is 1710. The fraction of sp³-hybridized carbons (Fsp3) is 0.0625. The predicted octanol–water partition coefficient (Wildman–Crippen LogP) is 7.64. The molecule has 0 saturated carbocycles. The minimum Gasteiger partial charge on any atom is -0.440 e. The maximum absolute atomic E-state index is 6.30. The molecule has 6 aromatic rings. The first-order valence-corrected chi connectivity index (χ1v) is 12.4. The molecule has 5 nitrogen and oxygen atoms in total. The lowest BCUT2D eigenvalue weighted by atomic mass is 9.98. The monoisotopic (exact) mass is 478 g/mol. The van der Waals surface area contributed by atoms with Gasteiger partial charge in [0.05, 0.1) is 0 Å². The Balaban J connectivity index is 1.52. The Morgan fingerprint density at radius 3 is 1.95 bits per heavy atom. The molecule has 0 aliphatic heterocycles. The molecule has 37 heavy (non-hydrogen) atoms. The summed E-state index contributed by atoms with van der Waals surface area (Å²) < 4.78 is 6.30. The second-order valence-corrected chi connectivity index (χ2v) is 9.02. The number of benzene rings is 4. The van der Waals surface area contributed by atoms with E-state index < -0.39 is 0 Å². The Morgan fingerprint density at radius 2 is 1.24 bits per heavy atom. The fourth-order valence-corrected chi connectivity index (χ4v) is 4.81. The Kier molecular flexibility index (Phi) is 5.18. The molecular weight excluding hydrogens is 456 g/mol. The highest BCUT2D eigenvalue weighted by Crippen LogP contribution is 2.38. The lowest BCUT2D eigenvalue weighted by molar-refractivity contribution is 0.516. The zero-order valence-corrected chi connectivity index (χ0v) is 20.0. The molecule has 176 valence electrons. The van der Waals surface area contributed by atoms with Crippen LogP contribution in [0.1, 0.15) is 17.9 Å². The SMILES string of the molecule is C1=Cc2nc(-c3ccc4ccccc4c3-c3nc(-c4ccccc4)nc(-c4ccccc4)n3)oc2CC1. The minimum absolute atomic E-state index is 0.584. The van der Waals surface area contributed by atoms with Crippen molar-refractivity contribution in [2.45, 2.75) is 12.8 Å². The summed E-state index contributed by atoms with van der Waals surface area (Å²) in [5, 5.41) is 2.14. The first kappa shape index (κ1) is 21.4. The summed E-state index contributed by atoms with van der Waals surface area (Å²) in [5.41, 5.74) is 4.51. The molecule has 0 atom stereocenters. The normalized spacial score (nSPS) is 12.5. The summed E-state index contributed by atoms with van der Waals surface area (Å²) in [5.74, 6) is 3.34. The van der Waals surface area contributed by atoms with E-state index in [1.54, 1.807) is 0 Å². The van der Waals surface area contributed by atoms with Crippen molar-refractivity contribution >= 4 is 16.8 Å². The molecule has 0 amide bonds. The van der Waals surface area contributed by atoms with Crippen LogP contribution >= 0.6 is 0 Å². The third kappa shape index (κ3) is 3.91. The zero-order chi connectivity index (χ0) is 24.6. The van der Waals surface area contributed by atoms with Gasteiger partial charge < -0.3 is 4.42 Å². The summed E-state index contributed by atoms with van der Waals surface area (Å²) in [6.45, 7) is 0. The van der Waals surface area contributed by atoms with Crippen molar-refractivity contribution in [3.8, 4) is 45.6 Å². The number of fused-ring (bicyclic) bond motifs is 2. The van der Waals surface area contributed by atoms with Gasteiger partial charge in [-0.2, -0.15) is 0 Å². The third-order valence-corrected chi connectivity index (χ3v) is 6.62. The van der Waals surface area contributed by atoms with Crippen molar-refractivity contribution in [3.05, 3.63) is 115 Å². The average molecular weight is 479 g/mol. The van der Waals surface area contributed by atoms with Crippen molar-refractivity contribution < 1.29 is 4.42 Å². The minimum atomic E-state index is 0.584. The summed E-state index contributed by atoms with van der Waals surface area (Å²) >= 11 is 0. The summed E-state index contributed by atoms with van der Waals surface area (Å²) in [6, 6.07) is 32.5. The van der Waals surface area contributed by atoms with Crippen LogP contribution in [-0.2, 0) is 6.42 Å². The van der Waals surface area contributed by atoms with Gasteiger partial charge in [-0.05, 0) is 29.3 Å². The maximum atomic E-state index is 6.30. The van der Waals surface area contributed by atoms with E-state index in [4.69, 9.17) is 24.4 Å². The quantitative estimate of drug-likeness (QED) is 0.260. The van der Waals surface area contributed by atoms with Gasteiger partial charge in [0.25, 0.3) is 0 Å².